The number of halogens is 3. The second-order valence-corrected chi connectivity index (χ2v) is 10.2. The SMILES string of the molecule is CC(C)(O)c1ccc2c(c1)[nH]c1c(C(N)=O)cc(F)c(C3=CC=CC3n3c(=O)[nH]c4c(F)cc(F)cc4c3=O)c12. The van der Waals surface area contributed by atoms with Gasteiger partial charge in [0.2, 0.25) is 0 Å². The minimum Gasteiger partial charge on any atom is -0.386 e. The van der Waals surface area contributed by atoms with Crippen LogP contribution < -0.4 is 17.0 Å². The predicted molar refractivity (Wildman–Crippen MR) is 144 cm³/mol. The van der Waals surface area contributed by atoms with Crippen molar-refractivity contribution in [1.29, 1.82) is 0 Å². The highest BCUT2D eigenvalue weighted by atomic mass is 19.1. The maximum absolute atomic E-state index is 15.9. The number of carbonyl (C=O) groups is 1. The van der Waals surface area contributed by atoms with E-state index in [4.69, 9.17) is 5.73 Å². The summed E-state index contributed by atoms with van der Waals surface area (Å²) in [6.07, 6.45) is 4.51. The second-order valence-electron chi connectivity index (χ2n) is 10.2. The van der Waals surface area contributed by atoms with Gasteiger partial charge in [0.25, 0.3) is 11.5 Å². The van der Waals surface area contributed by atoms with Gasteiger partial charge in [-0.1, -0.05) is 30.4 Å². The number of hydrogen-bond donors (Lipinski definition) is 4. The molecule has 1 unspecified atom stereocenters. The van der Waals surface area contributed by atoms with Gasteiger partial charge in [-0.05, 0) is 43.2 Å². The van der Waals surface area contributed by atoms with Crippen LogP contribution in [0, 0.1) is 17.5 Å². The van der Waals surface area contributed by atoms with Gasteiger partial charge in [-0.3, -0.25) is 9.59 Å². The number of aliphatic hydroxyl groups is 1. The Kier molecular flexibility index (Phi) is 5.43. The lowest BCUT2D eigenvalue weighted by molar-refractivity contribution is 0.0787. The zero-order valence-corrected chi connectivity index (χ0v) is 21.1. The Labute approximate surface area is 222 Å². The third-order valence-electron chi connectivity index (χ3n) is 7.21. The van der Waals surface area contributed by atoms with Gasteiger partial charge < -0.3 is 20.8 Å². The topological polar surface area (TPSA) is 134 Å². The molecule has 6 rings (SSSR count). The highest BCUT2D eigenvalue weighted by Gasteiger charge is 2.30. The Balaban J connectivity index is 1.65. The number of hydrogen-bond acceptors (Lipinski definition) is 4. The number of aromatic amines is 2. The number of fused-ring (bicyclic) bond motifs is 4. The summed E-state index contributed by atoms with van der Waals surface area (Å²) in [6.45, 7) is 3.21. The fourth-order valence-corrected chi connectivity index (χ4v) is 5.34. The van der Waals surface area contributed by atoms with Crippen LogP contribution in [0.3, 0.4) is 0 Å². The molecule has 2 aromatic heterocycles. The predicted octanol–water partition coefficient (Wildman–Crippen LogP) is 4.26. The molecular formula is C29H21F3N4O4. The van der Waals surface area contributed by atoms with E-state index < -0.39 is 57.2 Å². The smallest absolute Gasteiger partial charge is 0.329 e. The van der Waals surface area contributed by atoms with Crippen LogP contribution >= 0.6 is 0 Å². The Morgan fingerprint density at radius 1 is 1.00 bits per heavy atom. The first-order valence-electron chi connectivity index (χ1n) is 12.2. The summed E-state index contributed by atoms with van der Waals surface area (Å²) < 4.78 is 44.9. The van der Waals surface area contributed by atoms with Gasteiger partial charge in [0.15, 0.2) is 5.82 Å². The molecule has 0 bridgehead atoms. The van der Waals surface area contributed by atoms with Crippen molar-refractivity contribution in [3.8, 4) is 0 Å². The van der Waals surface area contributed by atoms with E-state index >= 15 is 4.39 Å². The summed E-state index contributed by atoms with van der Waals surface area (Å²) in [5, 5.41) is 10.9. The number of aromatic nitrogens is 3. The van der Waals surface area contributed by atoms with Crippen LogP contribution in [0.1, 0.15) is 41.4 Å². The van der Waals surface area contributed by atoms with Crippen molar-refractivity contribution in [2.24, 2.45) is 5.73 Å². The molecule has 0 fully saturated rings. The van der Waals surface area contributed by atoms with Crippen LogP contribution in [-0.2, 0) is 5.60 Å². The molecule has 0 saturated heterocycles. The van der Waals surface area contributed by atoms with E-state index in [0.29, 0.717) is 22.5 Å². The Morgan fingerprint density at radius 2 is 1.75 bits per heavy atom. The first-order valence-corrected chi connectivity index (χ1v) is 12.2. The van der Waals surface area contributed by atoms with Crippen molar-refractivity contribution in [1.82, 2.24) is 14.5 Å². The van der Waals surface area contributed by atoms with E-state index in [-0.39, 0.29) is 27.6 Å². The molecule has 0 spiro atoms. The number of benzene rings is 3. The van der Waals surface area contributed by atoms with Crippen molar-refractivity contribution in [2.45, 2.75) is 25.5 Å². The van der Waals surface area contributed by atoms with E-state index in [0.717, 1.165) is 16.7 Å². The summed E-state index contributed by atoms with van der Waals surface area (Å²) in [5.41, 5.74) is 3.31. The summed E-state index contributed by atoms with van der Waals surface area (Å²) in [6, 6.07) is 6.18. The highest BCUT2D eigenvalue weighted by molar-refractivity contribution is 6.18. The molecule has 40 heavy (non-hydrogen) atoms. The van der Waals surface area contributed by atoms with E-state index in [1.165, 1.54) is 18.2 Å². The van der Waals surface area contributed by atoms with E-state index in [9.17, 15) is 28.3 Å². The summed E-state index contributed by atoms with van der Waals surface area (Å²) in [5.74, 6) is -3.83. The fourth-order valence-electron chi connectivity index (χ4n) is 5.34. The maximum Gasteiger partial charge on any atom is 0.329 e. The molecule has 0 radical (unpaired) electrons. The molecule has 0 aliphatic heterocycles. The van der Waals surface area contributed by atoms with Crippen LogP contribution in [0.5, 0.6) is 0 Å². The zero-order valence-electron chi connectivity index (χ0n) is 21.1. The van der Waals surface area contributed by atoms with Crippen LogP contribution in [0.25, 0.3) is 38.3 Å². The quantitative estimate of drug-likeness (QED) is 0.268. The van der Waals surface area contributed by atoms with E-state index in [1.54, 1.807) is 32.0 Å². The lowest BCUT2D eigenvalue weighted by Crippen LogP contribution is -2.38. The van der Waals surface area contributed by atoms with Crippen LogP contribution in [0.2, 0.25) is 0 Å². The molecule has 5 aromatic rings. The summed E-state index contributed by atoms with van der Waals surface area (Å²) in [7, 11) is 0. The molecule has 1 atom stereocenters. The number of H-pyrrole nitrogens is 2. The Bertz CT molecular complexity index is 2110. The fraction of sp³-hybridized carbons (Fsp3) is 0.138. The van der Waals surface area contributed by atoms with Gasteiger partial charge in [0.05, 0.1) is 33.6 Å². The van der Waals surface area contributed by atoms with Crippen molar-refractivity contribution in [3.63, 3.8) is 0 Å². The number of nitrogens with zero attached hydrogens (tertiary/aromatic N) is 1. The molecular weight excluding hydrogens is 525 g/mol. The van der Waals surface area contributed by atoms with Crippen molar-refractivity contribution in [2.75, 3.05) is 0 Å². The molecule has 2 heterocycles. The average molecular weight is 547 g/mol. The molecule has 3 aromatic carbocycles. The number of primary amides is 1. The standard InChI is InChI=1S/C29H21F3N4O4/c1-29(2,40)12-6-7-14-20(8-12)34-25-16(26(33)37)11-18(31)22(23(14)25)15-4-3-5-21(15)36-27(38)17-9-13(30)10-19(32)24(17)35-28(36)39/h3-11,21,34,40H,1-2H3,(H2,33,37)(H,35,39). The third-order valence-corrected chi connectivity index (χ3v) is 7.21. The van der Waals surface area contributed by atoms with Gasteiger partial charge in [0, 0.05) is 27.9 Å². The lowest BCUT2D eigenvalue weighted by Gasteiger charge is -2.19. The van der Waals surface area contributed by atoms with Crippen molar-refractivity contribution in [3.05, 3.63) is 110 Å². The highest BCUT2D eigenvalue weighted by Crippen LogP contribution is 2.42. The summed E-state index contributed by atoms with van der Waals surface area (Å²) >= 11 is 0. The largest absolute Gasteiger partial charge is 0.386 e. The molecule has 202 valence electrons. The van der Waals surface area contributed by atoms with Gasteiger partial charge in [-0.2, -0.15) is 0 Å². The van der Waals surface area contributed by atoms with Gasteiger partial charge in [0.1, 0.15) is 11.6 Å². The monoisotopic (exact) mass is 546 g/mol. The molecule has 1 aliphatic rings. The minimum absolute atomic E-state index is 0.00548. The molecule has 0 saturated carbocycles. The lowest BCUT2D eigenvalue weighted by atomic mass is 9.92. The van der Waals surface area contributed by atoms with E-state index in [1.807, 2.05) is 0 Å². The average Bonchev–Trinajstić information content (AvgIpc) is 3.49. The Hall–Kier alpha value is -4.90. The first-order chi connectivity index (χ1) is 18.9. The number of nitrogens with two attached hydrogens (primary N) is 1. The number of allylic oxidation sites excluding steroid dienone is 4. The molecule has 1 amide bonds. The van der Waals surface area contributed by atoms with Crippen molar-refractivity contribution < 1.29 is 23.1 Å². The Morgan fingerprint density at radius 3 is 2.45 bits per heavy atom. The van der Waals surface area contributed by atoms with Gasteiger partial charge in [-0.25, -0.2) is 22.5 Å². The zero-order chi connectivity index (χ0) is 28.7. The molecule has 1 aliphatic carbocycles. The molecule has 11 heteroatoms. The van der Waals surface area contributed by atoms with Crippen molar-refractivity contribution >= 4 is 44.2 Å². The number of nitrogens with one attached hydrogen (secondary N) is 2. The minimum atomic E-state index is -1.19. The first kappa shape index (κ1) is 25.4. The third kappa shape index (κ3) is 3.69. The van der Waals surface area contributed by atoms with Gasteiger partial charge >= 0.3 is 5.69 Å². The van der Waals surface area contributed by atoms with E-state index in [2.05, 4.69) is 9.97 Å². The molecule has 8 nitrogen and oxygen atoms in total. The normalized spacial score (nSPS) is 15.4. The van der Waals surface area contributed by atoms with Gasteiger partial charge in [-0.15, -0.1) is 0 Å². The summed E-state index contributed by atoms with van der Waals surface area (Å²) in [4.78, 5) is 44.1. The van der Waals surface area contributed by atoms with Crippen LogP contribution in [0.15, 0.2) is 64.2 Å². The van der Waals surface area contributed by atoms with Crippen LogP contribution in [0.4, 0.5) is 13.2 Å². The number of carbonyl (C=O) groups excluding carboxylic acids is 1. The number of amides is 1. The van der Waals surface area contributed by atoms with Crippen LogP contribution in [-0.4, -0.2) is 25.5 Å². The maximum atomic E-state index is 15.9. The second kappa shape index (κ2) is 8.55. The molecule has 5 N–H and O–H groups in total. The number of rotatable bonds is 4.